The number of anilines is 1. The number of fused-ring (bicyclic) bond motifs is 1. The lowest BCUT2D eigenvalue weighted by molar-refractivity contribution is -0.116. The number of hydrogen-bond donors (Lipinski definition) is 2. The maximum atomic E-state index is 13.2. The number of carboxylic acids is 1. The number of amides is 1. The van der Waals surface area contributed by atoms with Crippen LogP contribution in [0.5, 0.6) is 0 Å². The summed E-state index contributed by atoms with van der Waals surface area (Å²) in [7, 11) is 0. The Balaban J connectivity index is 1.76. The molecule has 0 aliphatic carbocycles. The first-order valence-corrected chi connectivity index (χ1v) is 8.69. The van der Waals surface area contributed by atoms with E-state index in [1.807, 2.05) is 0 Å². The second kappa shape index (κ2) is 6.34. The fourth-order valence-corrected chi connectivity index (χ4v) is 4.03. The van der Waals surface area contributed by atoms with Crippen molar-refractivity contribution in [3.63, 3.8) is 0 Å². The Kier molecular flexibility index (Phi) is 4.00. The normalized spacial score (nSPS) is 16.0. The zero-order valence-electron chi connectivity index (χ0n) is 13.4. The smallest absolute Gasteiger partial charge is 0.335 e. The number of halogens is 1. The van der Waals surface area contributed by atoms with Gasteiger partial charge in [0.15, 0.2) is 0 Å². The molecule has 0 bridgehead atoms. The molecule has 0 saturated carbocycles. The molecule has 130 valence electrons. The summed E-state index contributed by atoms with van der Waals surface area (Å²) < 4.78 is 17.6. The molecule has 1 aliphatic rings. The molecule has 0 unspecified atom stereocenters. The van der Waals surface area contributed by atoms with Gasteiger partial charge in [-0.3, -0.25) is 4.79 Å². The molecule has 0 spiro atoms. The predicted octanol–water partition coefficient (Wildman–Crippen LogP) is 4.12. The number of nitrogens with zero attached hydrogens (tertiary/aromatic N) is 1. The molecule has 0 radical (unpaired) electrons. The highest BCUT2D eigenvalue weighted by atomic mass is 32.1. The number of aromatic carboxylic acids is 1. The number of carboxylic acid groups (broad SMARTS) is 1. The molecule has 0 fully saturated rings. The van der Waals surface area contributed by atoms with Gasteiger partial charge in [-0.05, 0) is 53.5 Å². The molecule has 7 heteroatoms. The first-order valence-electron chi connectivity index (χ1n) is 7.91. The van der Waals surface area contributed by atoms with Crippen LogP contribution < -0.4 is 5.32 Å². The Bertz CT molecular complexity index is 997. The molecular formula is C19H13FN2O3S. The molecule has 2 aromatic carbocycles. The van der Waals surface area contributed by atoms with Gasteiger partial charge in [0.05, 0.1) is 16.1 Å². The van der Waals surface area contributed by atoms with Crippen LogP contribution >= 0.6 is 11.5 Å². The summed E-state index contributed by atoms with van der Waals surface area (Å²) in [4.78, 5) is 24.2. The third kappa shape index (κ3) is 2.86. The Morgan fingerprint density at radius 3 is 2.50 bits per heavy atom. The van der Waals surface area contributed by atoms with Crippen molar-refractivity contribution < 1.29 is 19.1 Å². The summed E-state index contributed by atoms with van der Waals surface area (Å²) in [5.41, 5.74) is 3.05. The number of aromatic nitrogens is 1. The lowest BCUT2D eigenvalue weighted by atomic mass is 9.89. The van der Waals surface area contributed by atoms with E-state index in [1.165, 1.54) is 35.8 Å². The van der Waals surface area contributed by atoms with Crippen LogP contribution in [-0.4, -0.2) is 21.4 Å². The largest absolute Gasteiger partial charge is 0.478 e. The van der Waals surface area contributed by atoms with E-state index in [4.69, 9.17) is 5.11 Å². The fraction of sp³-hybridized carbons (Fsp3) is 0.105. The van der Waals surface area contributed by atoms with Crippen molar-refractivity contribution in [2.24, 2.45) is 0 Å². The third-order valence-electron chi connectivity index (χ3n) is 4.37. The van der Waals surface area contributed by atoms with E-state index < -0.39 is 5.97 Å². The third-order valence-corrected chi connectivity index (χ3v) is 5.33. The summed E-state index contributed by atoms with van der Waals surface area (Å²) in [6.07, 6.45) is 0.268. The molecule has 2 heterocycles. The van der Waals surface area contributed by atoms with Crippen molar-refractivity contribution in [1.82, 2.24) is 4.37 Å². The van der Waals surface area contributed by atoms with Crippen LogP contribution in [0, 0.1) is 5.82 Å². The Morgan fingerprint density at radius 2 is 1.85 bits per heavy atom. The van der Waals surface area contributed by atoms with Crippen molar-refractivity contribution in [3.8, 4) is 11.3 Å². The van der Waals surface area contributed by atoms with Gasteiger partial charge in [-0.15, -0.1) is 0 Å². The van der Waals surface area contributed by atoms with E-state index >= 15 is 0 Å². The summed E-state index contributed by atoms with van der Waals surface area (Å²) in [5.74, 6) is -1.64. The second-order valence-corrected chi connectivity index (χ2v) is 6.81. The molecule has 1 amide bonds. The molecule has 5 nitrogen and oxygen atoms in total. The first kappa shape index (κ1) is 16.4. The zero-order chi connectivity index (χ0) is 18.3. The second-order valence-electron chi connectivity index (χ2n) is 6.01. The molecule has 1 atom stereocenters. The van der Waals surface area contributed by atoms with Crippen LogP contribution in [0.15, 0.2) is 48.5 Å². The predicted molar refractivity (Wildman–Crippen MR) is 96.0 cm³/mol. The van der Waals surface area contributed by atoms with Gasteiger partial charge in [0, 0.05) is 17.9 Å². The Hall–Kier alpha value is -3.06. The number of benzene rings is 2. The van der Waals surface area contributed by atoms with Gasteiger partial charge < -0.3 is 10.4 Å². The Morgan fingerprint density at radius 1 is 1.15 bits per heavy atom. The Labute approximate surface area is 152 Å². The number of carbonyl (C=O) groups excluding carboxylic acids is 1. The summed E-state index contributed by atoms with van der Waals surface area (Å²) >= 11 is 1.29. The van der Waals surface area contributed by atoms with E-state index in [1.54, 1.807) is 24.3 Å². The van der Waals surface area contributed by atoms with Crippen molar-refractivity contribution in [2.75, 3.05) is 5.32 Å². The fourth-order valence-electron chi connectivity index (χ4n) is 3.06. The van der Waals surface area contributed by atoms with Gasteiger partial charge in [-0.2, -0.15) is 4.37 Å². The molecular weight excluding hydrogens is 355 g/mol. The molecule has 3 aromatic rings. The SMILES string of the molecule is O=C1C[C@@H](c2ccc(C(=O)O)cc2)c2snc(-c3ccc(F)cc3)c2N1. The van der Waals surface area contributed by atoms with Gasteiger partial charge in [0.2, 0.25) is 5.91 Å². The lowest BCUT2D eigenvalue weighted by Crippen LogP contribution is -2.22. The van der Waals surface area contributed by atoms with Gasteiger partial charge in [-0.25, -0.2) is 9.18 Å². The van der Waals surface area contributed by atoms with Crippen LogP contribution in [0.1, 0.15) is 33.1 Å². The molecule has 4 rings (SSSR count). The molecule has 1 aliphatic heterocycles. The standard InChI is InChI=1S/C19H13FN2O3S/c20-13-7-5-11(6-8-13)16-17-18(26-22-16)14(9-15(23)21-17)10-1-3-12(4-2-10)19(24)25/h1-8,14H,9H2,(H,21,23)(H,24,25)/t14-/m0/s1. The van der Waals surface area contributed by atoms with Crippen LogP contribution in [0.25, 0.3) is 11.3 Å². The van der Waals surface area contributed by atoms with E-state index in [0.717, 1.165) is 16.0 Å². The van der Waals surface area contributed by atoms with E-state index in [-0.39, 0.29) is 29.6 Å². The average Bonchev–Trinajstić information content (AvgIpc) is 3.05. The van der Waals surface area contributed by atoms with Gasteiger partial charge in [-0.1, -0.05) is 12.1 Å². The van der Waals surface area contributed by atoms with E-state index in [9.17, 15) is 14.0 Å². The monoisotopic (exact) mass is 368 g/mol. The molecule has 1 aromatic heterocycles. The van der Waals surface area contributed by atoms with Crippen LogP contribution in [0.4, 0.5) is 10.1 Å². The van der Waals surface area contributed by atoms with Crippen molar-refractivity contribution >= 4 is 29.1 Å². The van der Waals surface area contributed by atoms with Gasteiger partial charge in [0.25, 0.3) is 0 Å². The first-order chi connectivity index (χ1) is 12.5. The minimum Gasteiger partial charge on any atom is -0.478 e. The van der Waals surface area contributed by atoms with Gasteiger partial charge in [0.1, 0.15) is 11.5 Å². The highest BCUT2D eigenvalue weighted by molar-refractivity contribution is 7.07. The average molecular weight is 368 g/mol. The van der Waals surface area contributed by atoms with E-state index in [2.05, 4.69) is 9.69 Å². The lowest BCUT2D eigenvalue weighted by Gasteiger charge is -2.23. The minimum atomic E-state index is -0.991. The van der Waals surface area contributed by atoms with E-state index in [0.29, 0.717) is 11.4 Å². The molecule has 26 heavy (non-hydrogen) atoms. The number of carbonyl (C=O) groups is 2. The maximum absolute atomic E-state index is 13.2. The topological polar surface area (TPSA) is 79.3 Å². The maximum Gasteiger partial charge on any atom is 0.335 e. The summed E-state index contributed by atoms with van der Waals surface area (Å²) in [5, 5.41) is 11.9. The number of rotatable bonds is 3. The van der Waals surface area contributed by atoms with Crippen molar-refractivity contribution in [3.05, 3.63) is 70.4 Å². The zero-order valence-corrected chi connectivity index (χ0v) is 14.2. The number of hydrogen-bond acceptors (Lipinski definition) is 4. The van der Waals surface area contributed by atoms with Crippen LogP contribution in [0.3, 0.4) is 0 Å². The number of nitrogens with one attached hydrogen (secondary N) is 1. The van der Waals surface area contributed by atoms with Crippen molar-refractivity contribution in [1.29, 1.82) is 0 Å². The van der Waals surface area contributed by atoms with Crippen LogP contribution in [-0.2, 0) is 4.79 Å². The summed E-state index contributed by atoms with van der Waals surface area (Å²) in [6.45, 7) is 0. The van der Waals surface area contributed by atoms with Gasteiger partial charge >= 0.3 is 5.97 Å². The highest BCUT2D eigenvalue weighted by Crippen LogP contribution is 2.44. The van der Waals surface area contributed by atoms with Crippen molar-refractivity contribution in [2.45, 2.75) is 12.3 Å². The molecule has 0 saturated heterocycles. The minimum absolute atomic E-state index is 0.131. The molecule has 2 N–H and O–H groups in total. The van der Waals surface area contributed by atoms with Crippen LogP contribution in [0.2, 0.25) is 0 Å². The summed E-state index contributed by atoms with van der Waals surface area (Å²) in [6, 6.07) is 12.5. The highest BCUT2D eigenvalue weighted by Gasteiger charge is 2.31. The quantitative estimate of drug-likeness (QED) is 0.729.